The summed E-state index contributed by atoms with van der Waals surface area (Å²) in [4.78, 5) is 10.9. The Morgan fingerprint density at radius 2 is 1.75 bits per heavy atom. The van der Waals surface area contributed by atoms with Crippen LogP contribution in [0.2, 0.25) is 0 Å². The van der Waals surface area contributed by atoms with Crippen LogP contribution in [0.25, 0.3) is 0 Å². The van der Waals surface area contributed by atoms with Gasteiger partial charge in [0.15, 0.2) is 0 Å². The van der Waals surface area contributed by atoms with E-state index in [4.69, 9.17) is 5.11 Å². The molecule has 0 amide bonds. The van der Waals surface area contributed by atoms with Crippen LogP contribution in [0.15, 0.2) is 42.5 Å². The molecule has 0 radical (unpaired) electrons. The van der Waals surface area contributed by atoms with Gasteiger partial charge in [-0.1, -0.05) is 29.8 Å². The van der Waals surface area contributed by atoms with Gasteiger partial charge in [0, 0.05) is 11.7 Å². The Morgan fingerprint density at radius 1 is 1.10 bits per heavy atom. The molecule has 0 bridgehead atoms. The molecule has 2 rings (SSSR count). The molecule has 0 aromatic heterocycles. The number of anilines is 1. The van der Waals surface area contributed by atoms with Crippen molar-refractivity contribution in [2.45, 2.75) is 26.8 Å². The van der Waals surface area contributed by atoms with Crippen LogP contribution < -0.4 is 5.32 Å². The number of hydrogen-bond acceptors (Lipinski definition) is 2. The van der Waals surface area contributed by atoms with Gasteiger partial charge in [-0.3, -0.25) is 0 Å². The highest BCUT2D eigenvalue weighted by atomic mass is 16.4. The summed E-state index contributed by atoms with van der Waals surface area (Å²) in [6, 6.07) is 13.7. The van der Waals surface area contributed by atoms with Gasteiger partial charge < -0.3 is 10.4 Å². The minimum Gasteiger partial charge on any atom is -0.478 e. The quantitative estimate of drug-likeness (QED) is 0.875. The summed E-state index contributed by atoms with van der Waals surface area (Å²) in [5.41, 5.74) is 4.66. The first-order chi connectivity index (χ1) is 9.47. The van der Waals surface area contributed by atoms with Gasteiger partial charge in [-0.25, -0.2) is 4.79 Å². The standard InChI is InChI=1S/C17H19NO2/c1-11-4-6-14(7-5-11)13(3)18-16-9-8-15(17(19)20)10-12(16)2/h4-10,13,18H,1-3H3,(H,19,20). The van der Waals surface area contributed by atoms with Gasteiger partial charge in [0.25, 0.3) is 0 Å². The van der Waals surface area contributed by atoms with E-state index in [0.717, 1.165) is 11.3 Å². The van der Waals surface area contributed by atoms with Gasteiger partial charge in [-0.15, -0.1) is 0 Å². The zero-order valence-electron chi connectivity index (χ0n) is 12.0. The lowest BCUT2D eigenvalue weighted by Gasteiger charge is -2.18. The molecule has 0 spiro atoms. The highest BCUT2D eigenvalue weighted by Crippen LogP contribution is 2.23. The molecule has 1 atom stereocenters. The minimum atomic E-state index is -0.897. The van der Waals surface area contributed by atoms with E-state index in [2.05, 4.69) is 43.4 Å². The lowest BCUT2D eigenvalue weighted by Crippen LogP contribution is -2.08. The average molecular weight is 269 g/mol. The number of carboxylic acids is 1. The number of aromatic carboxylic acids is 1. The fourth-order valence-electron chi connectivity index (χ4n) is 2.13. The molecule has 0 aliphatic carbocycles. The van der Waals surface area contributed by atoms with Crippen molar-refractivity contribution in [3.63, 3.8) is 0 Å². The molecule has 0 saturated heterocycles. The molecule has 0 heterocycles. The van der Waals surface area contributed by atoms with Gasteiger partial charge in [-0.05, 0) is 50.1 Å². The predicted molar refractivity (Wildman–Crippen MR) is 81.4 cm³/mol. The molecule has 0 saturated carbocycles. The Balaban J connectivity index is 2.17. The molecular formula is C17H19NO2. The molecular weight excluding hydrogens is 250 g/mol. The van der Waals surface area contributed by atoms with Gasteiger partial charge in [0.2, 0.25) is 0 Å². The second-order valence-electron chi connectivity index (χ2n) is 5.11. The fraction of sp³-hybridized carbons (Fsp3) is 0.235. The van der Waals surface area contributed by atoms with Crippen molar-refractivity contribution < 1.29 is 9.90 Å². The molecule has 0 fully saturated rings. The third-order valence-corrected chi connectivity index (χ3v) is 3.42. The van der Waals surface area contributed by atoms with E-state index in [0.29, 0.717) is 5.56 Å². The average Bonchev–Trinajstić information content (AvgIpc) is 2.41. The molecule has 2 aromatic rings. The summed E-state index contributed by atoms with van der Waals surface area (Å²) in [7, 11) is 0. The molecule has 1 unspecified atom stereocenters. The minimum absolute atomic E-state index is 0.171. The van der Waals surface area contributed by atoms with Crippen molar-refractivity contribution in [2.24, 2.45) is 0 Å². The van der Waals surface area contributed by atoms with Gasteiger partial charge in [-0.2, -0.15) is 0 Å². The van der Waals surface area contributed by atoms with Crippen molar-refractivity contribution in [3.8, 4) is 0 Å². The molecule has 104 valence electrons. The van der Waals surface area contributed by atoms with Gasteiger partial charge in [0.1, 0.15) is 0 Å². The summed E-state index contributed by atoms with van der Waals surface area (Å²) >= 11 is 0. The maximum atomic E-state index is 10.9. The number of nitrogens with one attached hydrogen (secondary N) is 1. The van der Waals surface area contributed by atoms with Crippen LogP contribution in [0, 0.1) is 13.8 Å². The van der Waals surface area contributed by atoms with Crippen molar-refractivity contribution >= 4 is 11.7 Å². The van der Waals surface area contributed by atoms with Crippen molar-refractivity contribution in [1.82, 2.24) is 0 Å². The summed E-state index contributed by atoms with van der Waals surface area (Å²) < 4.78 is 0. The number of benzene rings is 2. The van der Waals surface area contributed by atoms with E-state index in [1.54, 1.807) is 12.1 Å². The highest BCUT2D eigenvalue weighted by Gasteiger charge is 2.09. The highest BCUT2D eigenvalue weighted by molar-refractivity contribution is 5.88. The zero-order chi connectivity index (χ0) is 14.7. The summed E-state index contributed by atoms with van der Waals surface area (Å²) in [6.45, 7) is 6.07. The van der Waals surface area contributed by atoms with Crippen molar-refractivity contribution in [1.29, 1.82) is 0 Å². The van der Waals surface area contributed by atoms with E-state index in [-0.39, 0.29) is 6.04 Å². The third-order valence-electron chi connectivity index (χ3n) is 3.42. The zero-order valence-corrected chi connectivity index (χ0v) is 12.0. The number of rotatable bonds is 4. The largest absolute Gasteiger partial charge is 0.478 e. The Hall–Kier alpha value is -2.29. The van der Waals surface area contributed by atoms with Crippen LogP contribution in [0.5, 0.6) is 0 Å². The van der Waals surface area contributed by atoms with Crippen LogP contribution >= 0.6 is 0 Å². The Bertz CT molecular complexity index is 617. The maximum Gasteiger partial charge on any atom is 0.335 e. The van der Waals surface area contributed by atoms with Crippen LogP contribution in [0.3, 0.4) is 0 Å². The van der Waals surface area contributed by atoms with Crippen LogP contribution in [-0.2, 0) is 0 Å². The Labute approximate surface area is 119 Å². The molecule has 2 N–H and O–H groups in total. The molecule has 3 nitrogen and oxygen atoms in total. The Morgan fingerprint density at radius 3 is 2.30 bits per heavy atom. The Kier molecular flexibility index (Phi) is 4.08. The van der Waals surface area contributed by atoms with E-state index in [1.165, 1.54) is 11.1 Å². The smallest absolute Gasteiger partial charge is 0.335 e. The van der Waals surface area contributed by atoms with Crippen LogP contribution in [0.4, 0.5) is 5.69 Å². The van der Waals surface area contributed by atoms with E-state index < -0.39 is 5.97 Å². The second kappa shape index (κ2) is 5.78. The van der Waals surface area contributed by atoms with Gasteiger partial charge in [0.05, 0.1) is 5.56 Å². The first-order valence-electron chi connectivity index (χ1n) is 6.64. The predicted octanol–water partition coefficient (Wildman–Crippen LogP) is 4.17. The molecule has 0 aliphatic heterocycles. The summed E-state index contributed by atoms with van der Waals surface area (Å²) in [5, 5.41) is 12.4. The molecule has 3 heteroatoms. The summed E-state index contributed by atoms with van der Waals surface area (Å²) in [5.74, 6) is -0.897. The third kappa shape index (κ3) is 3.18. The van der Waals surface area contributed by atoms with Crippen LogP contribution in [0.1, 0.15) is 40.0 Å². The maximum absolute atomic E-state index is 10.9. The molecule has 2 aromatic carbocycles. The molecule has 20 heavy (non-hydrogen) atoms. The van der Waals surface area contributed by atoms with Crippen molar-refractivity contribution in [2.75, 3.05) is 5.32 Å². The van der Waals surface area contributed by atoms with E-state index in [9.17, 15) is 4.79 Å². The SMILES string of the molecule is Cc1ccc(C(C)Nc2ccc(C(=O)O)cc2C)cc1. The van der Waals surface area contributed by atoms with Crippen molar-refractivity contribution in [3.05, 3.63) is 64.7 Å². The first kappa shape index (κ1) is 14.1. The number of aryl methyl sites for hydroxylation is 2. The number of carbonyl (C=O) groups is 1. The van der Waals surface area contributed by atoms with E-state index >= 15 is 0 Å². The molecule has 0 aliphatic rings. The van der Waals surface area contributed by atoms with E-state index in [1.807, 2.05) is 13.0 Å². The van der Waals surface area contributed by atoms with Gasteiger partial charge >= 0.3 is 5.97 Å². The normalized spacial score (nSPS) is 11.9. The first-order valence-corrected chi connectivity index (χ1v) is 6.64. The summed E-state index contributed by atoms with van der Waals surface area (Å²) in [6.07, 6.45) is 0. The lowest BCUT2D eigenvalue weighted by atomic mass is 10.0. The number of carboxylic acid groups (broad SMARTS) is 1. The number of hydrogen-bond donors (Lipinski definition) is 2. The van der Waals surface area contributed by atoms with Crippen LogP contribution in [-0.4, -0.2) is 11.1 Å². The lowest BCUT2D eigenvalue weighted by molar-refractivity contribution is 0.0697. The monoisotopic (exact) mass is 269 g/mol. The fourth-order valence-corrected chi connectivity index (χ4v) is 2.13. The topological polar surface area (TPSA) is 49.3 Å². The second-order valence-corrected chi connectivity index (χ2v) is 5.11.